The first-order chi connectivity index (χ1) is 11.0. The largest absolute Gasteiger partial charge is 0.493 e. The van der Waals surface area contributed by atoms with E-state index < -0.39 is 6.61 Å². The van der Waals surface area contributed by atoms with E-state index in [0.717, 1.165) is 0 Å². The van der Waals surface area contributed by atoms with Crippen LogP contribution in [0.2, 0.25) is 0 Å². The number of benzene rings is 1. The lowest BCUT2D eigenvalue weighted by Crippen LogP contribution is -2.29. The van der Waals surface area contributed by atoms with Crippen LogP contribution in [0.15, 0.2) is 49.6 Å². The maximum absolute atomic E-state index is 12.5. The summed E-state index contributed by atoms with van der Waals surface area (Å²) in [6, 6.07) is 4.67. The summed E-state index contributed by atoms with van der Waals surface area (Å²) in [5.74, 6) is -0.252. The van der Waals surface area contributed by atoms with E-state index in [1.54, 1.807) is 24.3 Å². The molecular weight excluding hydrogens is 304 g/mol. The summed E-state index contributed by atoms with van der Waals surface area (Å²) in [7, 11) is 1.35. The van der Waals surface area contributed by atoms with Crippen LogP contribution in [0.25, 0.3) is 6.08 Å². The molecule has 23 heavy (non-hydrogen) atoms. The van der Waals surface area contributed by atoms with Gasteiger partial charge in [0.05, 0.1) is 7.11 Å². The number of amides is 1. The molecular formula is C17H19F2NO3. The number of alkyl halides is 2. The molecule has 0 saturated carbocycles. The van der Waals surface area contributed by atoms with Crippen molar-refractivity contribution in [2.75, 3.05) is 20.2 Å². The minimum Gasteiger partial charge on any atom is -0.493 e. The molecule has 0 fully saturated rings. The Balaban J connectivity index is 3.04. The third-order valence-corrected chi connectivity index (χ3v) is 2.85. The highest BCUT2D eigenvalue weighted by Crippen LogP contribution is 2.33. The van der Waals surface area contributed by atoms with Gasteiger partial charge in [0.25, 0.3) is 0 Å². The molecule has 1 rings (SSSR count). The van der Waals surface area contributed by atoms with E-state index in [1.807, 2.05) is 0 Å². The van der Waals surface area contributed by atoms with E-state index in [0.29, 0.717) is 18.7 Å². The Bertz CT molecular complexity index is 575. The molecule has 0 spiro atoms. The van der Waals surface area contributed by atoms with Gasteiger partial charge in [-0.15, -0.1) is 13.2 Å². The normalized spacial score (nSPS) is 10.6. The summed E-state index contributed by atoms with van der Waals surface area (Å²) < 4.78 is 34.6. The smallest absolute Gasteiger partial charge is 0.387 e. The SMILES string of the molecule is C=CCN(CC=C)C(=O)/C=C\c1cccc(OC)c1OC(F)F. The van der Waals surface area contributed by atoms with Crippen LogP contribution in [0.1, 0.15) is 5.56 Å². The fourth-order valence-corrected chi connectivity index (χ4v) is 1.87. The second kappa shape index (κ2) is 9.40. The minimum absolute atomic E-state index is 0.118. The zero-order valence-corrected chi connectivity index (χ0v) is 12.9. The molecule has 0 unspecified atom stereocenters. The molecule has 0 aliphatic heterocycles. The van der Waals surface area contributed by atoms with Crippen molar-refractivity contribution in [2.45, 2.75) is 6.61 Å². The topological polar surface area (TPSA) is 38.8 Å². The molecule has 1 aromatic rings. The number of hydrogen-bond donors (Lipinski definition) is 0. The van der Waals surface area contributed by atoms with Gasteiger partial charge in [-0.05, 0) is 12.1 Å². The molecule has 0 heterocycles. The highest BCUT2D eigenvalue weighted by atomic mass is 19.3. The van der Waals surface area contributed by atoms with E-state index >= 15 is 0 Å². The van der Waals surface area contributed by atoms with Crippen molar-refractivity contribution in [1.82, 2.24) is 4.90 Å². The first-order valence-corrected chi connectivity index (χ1v) is 6.84. The van der Waals surface area contributed by atoms with Crippen molar-refractivity contribution in [1.29, 1.82) is 0 Å². The summed E-state index contributed by atoms with van der Waals surface area (Å²) in [5, 5.41) is 0. The van der Waals surface area contributed by atoms with Crippen LogP contribution in [-0.2, 0) is 4.79 Å². The number of carbonyl (C=O) groups is 1. The Labute approximate surface area is 134 Å². The lowest BCUT2D eigenvalue weighted by atomic mass is 10.1. The predicted molar refractivity (Wildman–Crippen MR) is 85.6 cm³/mol. The molecule has 6 heteroatoms. The standard InChI is InChI=1S/C17H19F2NO3/c1-4-11-20(12-5-2)15(21)10-9-13-7-6-8-14(22-3)16(13)23-17(18)19/h4-10,17H,1-2,11-12H2,3H3/b10-9-. The molecule has 0 saturated heterocycles. The molecule has 0 atom stereocenters. The van der Waals surface area contributed by atoms with Gasteiger partial charge in [0, 0.05) is 24.7 Å². The highest BCUT2D eigenvalue weighted by Gasteiger charge is 2.14. The number of methoxy groups -OCH3 is 1. The zero-order chi connectivity index (χ0) is 17.2. The fraction of sp³-hybridized carbons (Fsp3) is 0.235. The average molecular weight is 323 g/mol. The molecule has 4 nitrogen and oxygen atoms in total. The van der Waals surface area contributed by atoms with Gasteiger partial charge in [0.2, 0.25) is 5.91 Å². The van der Waals surface area contributed by atoms with Crippen LogP contribution in [-0.4, -0.2) is 37.6 Å². The predicted octanol–water partition coefficient (Wildman–Crippen LogP) is 3.51. The maximum atomic E-state index is 12.5. The zero-order valence-electron chi connectivity index (χ0n) is 12.9. The van der Waals surface area contributed by atoms with Crippen LogP contribution in [0, 0.1) is 0 Å². The maximum Gasteiger partial charge on any atom is 0.387 e. The van der Waals surface area contributed by atoms with Crippen molar-refractivity contribution >= 4 is 12.0 Å². The Morgan fingerprint density at radius 3 is 2.48 bits per heavy atom. The van der Waals surface area contributed by atoms with E-state index in [2.05, 4.69) is 17.9 Å². The first kappa shape index (κ1) is 18.4. The number of para-hydroxylation sites is 1. The fourth-order valence-electron chi connectivity index (χ4n) is 1.87. The van der Waals surface area contributed by atoms with E-state index in [4.69, 9.17) is 4.74 Å². The van der Waals surface area contributed by atoms with Gasteiger partial charge in [-0.1, -0.05) is 24.3 Å². The quantitative estimate of drug-likeness (QED) is 0.516. The van der Waals surface area contributed by atoms with Crippen LogP contribution in [0.4, 0.5) is 8.78 Å². The molecule has 0 aliphatic rings. The number of carbonyl (C=O) groups excluding carboxylic acids is 1. The lowest BCUT2D eigenvalue weighted by Gasteiger charge is -2.17. The van der Waals surface area contributed by atoms with Gasteiger partial charge in [0.1, 0.15) is 0 Å². The molecule has 1 aromatic carbocycles. The van der Waals surface area contributed by atoms with Crippen molar-refractivity contribution < 1.29 is 23.0 Å². The van der Waals surface area contributed by atoms with Crippen molar-refractivity contribution in [3.05, 3.63) is 55.1 Å². The molecule has 0 bridgehead atoms. The summed E-state index contributed by atoms with van der Waals surface area (Å²) in [6.07, 6.45) is 5.86. The second-order valence-corrected chi connectivity index (χ2v) is 4.41. The number of rotatable bonds is 9. The molecule has 124 valence electrons. The minimum atomic E-state index is -2.99. The summed E-state index contributed by atoms with van der Waals surface area (Å²) in [6.45, 7) is 4.88. The summed E-state index contributed by atoms with van der Waals surface area (Å²) >= 11 is 0. The van der Waals surface area contributed by atoms with Crippen molar-refractivity contribution in [2.24, 2.45) is 0 Å². The Morgan fingerprint density at radius 2 is 1.96 bits per heavy atom. The number of nitrogens with zero attached hydrogens (tertiary/aromatic N) is 1. The van der Waals surface area contributed by atoms with Gasteiger partial charge < -0.3 is 14.4 Å². The Kier molecular flexibility index (Phi) is 7.53. The number of halogens is 2. The van der Waals surface area contributed by atoms with Gasteiger partial charge in [-0.3, -0.25) is 4.79 Å². The molecule has 0 N–H and O–H groups in total. The number of hydrogen-bond acceptors (Lipinski definition) is 3. The monoisotopic (exact) mass is 323 g/mol. The highest BCUT2D eigenvalue weighted by molar-refractivity contribution is 5.92. The second-order valence-electron chi connectivity index (χ2n) is 4.41. The molecule has 0 radical (unpaired) electrons. The Hall–Kier alpha value is -2.63. The van der Waals surface area contributed by atoms with E-state index in [9.17, 15) is 13.6 Å². The molecule has 1 amide bonds. The van der Waals surface area contributed by atoms with Crippen LogP contribution < -0.4 is 9.47 Å². The van der Waals surface area contributed by atoms with Crippen molar-refractivity contribution in [3.8, 4) is 11.5 Å². The van der Waals surface area contributed by atoms with Gasteiger partial charge in [-0.2, -0.15) is 8.78 Å². The summed E-state index contributed by atoms with van der Waals surface area (Å²) in [4.78, 5) is 13.6. The summed E-state index contributed by atoms with van der Waals surface area (Å²) in [5.41, 5.74) is 0.315. The van der Waals surface area contributed by atoms with Gasteiger partial charge in [0.15, 0.2) is 11.5 Å². The lowest BCUT2D eigenvalue weighted by molar-refractivity contribution is -0.124. The average Bonchev–Trinajstić information content (AvgIpc) is 2.52. The number of ether oxygens (including phenoxy) is 2. The van der Waals surface area contributed by atoms with Crippen molar-refractivity contribution in [3.63, 3.8) is 0 Å². The third kappa shape index (κ3) is 5.58. The van der Waals surface area contributed by atoms with E-state index in [1.165, 1.54) is 30.2 Å². The van der Waals surface area contributed by atoms with Gasteiger partial charge in [-0.25, -0.2) is 0 Å². The van der Waals surface area contributed by atoms with Crippen LogP contribution >= 0.6 is 0 Å². The van der Waals surface area contributed by atoms with Crippen LogP contribution in [0.3, 0.4) is 0 Å². The first-order valence-electron chi connectivity index (χ1n) is 6.84. The molecule has 0 aromatic heterocycles. The van der Waals surface area contributed by atoms with E-state index in [-0.39, 0.29) is 17.4 Å². The Morgan fingerprint density at radius 1 is 1.30 bits per heavy atom. The van der Waals surface area contributed by atoms with Crippen LogP contribution in [0.5, 0.6) is 11.5 Å². The van der Waals surface area contributed by atoms with Gasteiger partial charge >= 0.3 is 6.61 Å². The third-order valence-electron chi connectivity index (χ3n) is 2.85. The molecule has 0 aliphatic carbocycles.